The Balaban J connectivity index is 2.03. The first kappa shape index (κ1) is 18.8. The van der Waals surface area contributed by atoms with Gasteiger partial charge in [-0.15, -0.1) is 0 Å². The minimum Gasteiger partial charge on any atom is -0.483 e. The summed E-state index contributed by atoms with van der Waals surface area (Å²) in [4.78, 5) is 12.4. The summed E-state index contributed by atoms with van der Waals surface area (Å²) < 4.78 is 20.9. The molecule has 1 aromatic heterocycles. The van der Waals surface area contributed by atoms with Gasteiger partial charge in [0.15, 0.2) is 5.75 Å². The Labute approximate surface area is 155 Å². The van der Waals surface area contributed by atoms with Crippen molar-refractivity contribution in [3.63, 3.8) is 0 Å². The van der Waals surface area contributed by atoms with Crippen molar-refractivity contribution in [1.82, 2.24) is 4.57 Å². The van der Waals surface area contributed by atoms with Crippen molar-refractivity contribution in [1.29, 1.82) is 0 Å². The molecule has 0 bridgehead atoms. The van der Waals surface area contributed by atoms with Gasteiger partial charge >= 0.3 is 0 Å². The number of benzene rings is 2. The van der Waals surface area contributed by atoms with Crippen LogP contribution in [0.25, 0.3) is 0 Å². The van der Waals surface area contributed by atoms with Crippen molar-refractivity contribution in [2.75, 3.05) is 6.61 Å². The molecule has 3 rings (SSSR count). The van der Waals surface area contributed by atoms with E-state index < -0.39 is 17.3 Å². The zero-order valence-electron chi connectivity index (χ0n) is 14.6. The fraction of sp³-hybridized carbons (Fsp3) is 0.190. The number of pyridine rings is 1. The molecule has 3 aromatic rings. The maximum absolute atomic E-state index is 13.6. The van der Waals surface area contributed by atoms with Crippen LogP contribution >= 0.6 is 0 Å². The predicted molar refractivity (Wildman–Crippen MR) is 99.0 cm³/mol. The SMILES string of the molecule is O=c1ccn(CCO)c(C(O)c2cccc(F)c2)c1OCc1ccccc1. The Hall–Kier alpha value is -2.96. The van der Waals surface area contributed by atoms with E-state index in [1.54, 1.807) is 6.07 Å². The molecule has 0 amide bonds. The molecule has 0 aliphatic carbocycles. The van der Waals surface area contributed by atoms with Crippen LogP contribution in [0.1, 0.15) is 22.9 Å². The average molecular weight is 369 g/mol. The van der Waals surface area contributed by atoms with Crippen molar-refractivity contribution < 1.29 is 19.3 Å². The Morgan fingerprint density at radius 2 is 1.85 bits per heavy atom. The van der Waals surface area contributed by atoms with E-state index in [1.165, 1.54) is 35.0 Å². The highest BCUT2D eigenvalue weighted by Gasteiger charge is 2.22. The molecule has 0 spiro atoms. The molecular weight excluding hydrogens is 349 g/mol. The molecule has 0 aliphatic heterocycles. The van der Waals surface area contributed by atoms with E-state index in [0.717, 1.165) is 5.56 Å². The number of aliphatic hydroxyl groups is 2. The third-order valence-electron chi connectivity index (χ3n) is 4.16. The van der Waals surface area contributed by atoms with Crippen LogP contribution in [0.3, 0.4) is 0 Å². The zero-order chi connectivity index (χ0) is 19.2. The number of hydrogen-bond donors (Lipinski definition) is 2. The van der Waals surface area contributed by atoms with Crippen LogP contribution in [0, 0.1) is 5.82 Å². The number of nitrogens with zero attached hydrogens (tertiary/aromatic N) is 1. The molecule has 0 fully saturated rings. The fourth-order valence-electron chi connectivity index (χ4n) is 2.86. The molecule has 0 radical (unpaired) electrons. The number of hydrogen-bond acceptors (Lipinski definition) is 4. The summed E-state index contributed by atoms with van der Waals surface area (Å²) in [6, 6.07) is 16.1. The second kappa shape index (κ2) is 8.62. The first-order chi connectivity index (χ1) is 13.1. The molecular formula is C21H20FNO4. The molecule has 140 valence electrons. The molecule has 2 N–H and O–H groups in total. The van der Waals surface area contributed by atoms with Crippen LogP contribution in [0.2, 0.25) is 0 Å². The third kappa shape index (κ3) is 4.42. The molecule has 1 atom stereocenters. The summed E-state index contributed by atoms with van der Waals surface area (Å²) >= 11 is 0. The molecule has 0 aliphatic rings. The van der Waals surface area contributed by atoms with E-state index in [9.17, 15) is 19.4 Å². The van der Waals surface area contributed by atoms with E-state index in [2.05, 4.69) is 0 Å². The van der Waals surface area contributed by atoms with Crippen molar-refractivity contribution in [2.45, 2.75) is 19.3 Å². The lowest BCUT2D eigenvalue weighted by Crippen LogP contribution is -2.21. The second-order valence-electron chi connectivity index (χ2n) is 6.04. The van der Waals surface area contributed by atoms with Crippen LogP contribution in [-0.4, -0.2) is 21.4 Å². The van der Waals surface area contributed by atoms with Gasteiger partial charge in [-0.2, -0.15) is 0 Å². The number of ether oxygens (including phenoxy) is 1. The van der Waals surface area contributed by atoms with Gasteiger partial charge < -0.3 is 19.5 Å². The maximum atomic E-state index is 13.6. The van der Waals surface area contributed by atoms with Crippen LogP contribution in [0.5, 0.6) is 5.75 Å². The van der Waals surface area contributed by atoms with Crippen LogP contribution in [0.4, 0.5) is 4.39 Å². The van der Waals surface area contributed by atoms with E-state index in [0.29, 0.717) is 0 Å². The van der Waals surface area contributed by atoms with E-state index in [-0.39, 0.29) is 36.8 Å². The van der Waals surface area contributed by atoms with Gasteiger partial charge in [0.25, 0.3) is 0 Å². The maximum Gasteiger partial charge on any atom is 0.223 e. The quantitative estimate of drug-likeness (QED) is 0.672. The monoisotopic (exact) mass is 369 g/mol. The lowest BCUT2D eigenvalue weighted by Gasteiger charge is -2.21. The number of aromatic nitrogens is 1. The minimum absolute atomic E-state index is 0.0217. The van der Waals surface area contributed by atoms with E-state index in [1.807, 2.05) is 30.3 Å². The Bertz CT molecular complexity index is 956. The fourth-order valence-corrected chi connectivity index (χ4v) is 2.86. The summed E-state index contributed by atoms with van der Waals surface area (Å²) in [5.41, 5.74) is 0.932. The highest BCUT2D eigenvalue weighted by molar-refractivity contribution is 5.37. The Kier molecular flexibility index (Phi) is 6.01. The Morgan fingerprint density at radius 3 is 2.56 bits per heavy atom. The van der Waals surface area contributed by atoms with Crippen molar-refractivity contribution in [3.05, 3.63) is 99.7 Å². The average Bonchev–Trinajstić information content (AvgIpc) is 2.68. The third-order valence-corrected chi connectivity index (χ3v) is 4.16. The Morgan fingerprint density at radius 1 is 1.07 bits per heavy atom. The summed E-state index contributed by atoms with van der Waals surface area (Å²) in [6.45, 7) is 0.107. The largest absolute Gasteiger partial charge is 0.483 e. The van der Waals surface area contributed by atoms with Gasteiger partial charge in [-0.3, -0.25) is 4.79 Å². The highest BCUT2D eigenvalue weighted by atomic mass is 19.1. The highest BCUT2D eigenvalue weighted by Crippen LogP contribution is 2.28. The van der Waals surface area contributed by atoms with Gasteiger partial charge in [-0.1, -0.05) is 42.5 Å². The lowest BCUT2D eigenvalue weighted by atomic mass is 10.0. The summed E-state index contributed by atoms with van der Waals surface area (Å²) in [5.74, 6) is -0.517. The number of halogens is 1. The van der Waals surface area contributed by atoms with Gasteiger partial charge in [0.1, 0.15) is 18.5 Å². The van der Waals surface area contributed by atoms with Gasteiger partial charge in [0, 0.05) is 18.8 Å². The van der Waals surface area contributed by atoms with E-state index >= 15 is 0 Å². The molecule has 1 unspecified atom stereocenters. The van der Waals surface area contributed by atoms with Crippen molar-refractivity contribution in [2.24, 2.45) is 0 Å². The topological polar surface area (TPSA) is 71.7 Å². The number of aliphatic hydroxyl groups excluding tert-OH is 2. The predicted octanol–water partition coefficient (Wildman–Crippen LogP) is 2.64. The zero-order valence-corrected chi connectivity index (χ0v) is 14.6. The first-order valence-corrected chi connectivity index (χ1v) is 8.54. The molecule has 27 heavy (non-hydrogen) atoms. The standard InChI is InChI=1S/C21H20FNO4/c22-17-8-4-7-16(13-17)20(26)19-21(18(25)9-10-23(19)11-12-24)27-14-15-5-2-1-3-6-15/h1-10,13,20,24,26H,11-12,14H2. The van der Waals surface area contributed by atoms with Crippen LogP contribution < -0.4 is 10.2 Å². The summed E-state index contributed by atoms with van der Waals surface area (Å²) in [6.07, 6.45) is 0.193. The molecule has 0 saturated carbocycles. The second-order valence-corrected chi connectivity index (χ2v) is 6.04. The molecule has 2 aromatic carbocycles. The van der Waals surface area contributed by atoms with Crippen LogP contribution in [-0.2, 0) is 13.2 Å². The summed E-state index contributed by atoms with van der Waals surface area (Å²) in [5, 5.41) is 20.2. The molecule has 0 saturated heterocycles. The van der Waals surface area contributed by atoms with Crippen molar-refractivity contribution in [3.8, 4) is 5.75 Å². The van der Waals surface area contributed by atoms with E-state index in [4.69, 9.17) is 4.74 Å². The molecule has 6 heteroatoms. The first-order valence-electron chi connectivity index (χ1n) is 8.54. The van der Waals surface area contributed by atoms with Gasteiger partial charge in [-0.25, -0.2) is 4.39 Å². The van der Waals surface area contributed by atoms with Crippen LogP contribution in [0.15, 0.2) is 71.7 Å². The van der Waals surface area contributed by atoms with Gasteiger partial charge in [0.2, 0.25) is 5.43 Å². The molecule has 1 heterocycles. The van der Waals surface area contributed by atoms with Gasteiger partial charge in [0.05, 0.1) is 12.3 Å². The lowest BCUT2D eigenvalue weighted by molar-refractivity contribution is 0.190. The molecule has 5 nitrogen and oxygen atoms in total. The smallest absolute Gasteiger partial charge is 0.223 e. The minimum atomic E-state index is -1.29. The van der Waals surface area contributed by atoms with Gasteiger partial charge in [-0.05, 0) is 23.3 Å². The normalized spacial score (nSPS) is 12.0. The summed E-state index contributed by atoms with van der Waals surface area (Å²) in [7, 11) is 0. The van der Waals surface area contributed by atoms with Crippen molar-refractivity contribution >= 4 is 0 Å². The number of rotatable bonds is 7.